The van der Waals surface area contributed by atoms with Crippen molar-refractivity contribution in [2.24, 2.45) is 5.92 Å². The fourth-order valence-corrected chi connectivity index (χ4v) is 3.27. The molecule has 0 spiro atoms. The molecule has 1 saturated carbocycles. The smallest absolute Gasteiger partial charge is 0.321 e. The first-order valence-electron chi connectivity index (χ1n) is 6.24. The van der Waals surface area contributed by atoms with Crippen LogP contribution in [0.3, 0.4) is 0 Å². The Labute approximate surface area is 105 Å². The van der Waals surface area contributed by atoms with Gasteiger partial charge in [-0.3, -0.25) is 5.32 Å². The number of nitrogens with zero attached hydrogens (tertiary/aromatic N) is 2. The van der Waals surface area contributed by atoms with Gasteiger partial charge < -0.3 is 4.90 Å². The van der Waals surface area contributed by atoms with Gasteiger partial charge in [-0.2, -0.15) is 0 Å². The van der Waals surface area contributed by atoms with Crippen molar-refractivity contribution < 1.29 is 4.79 Å². The number of thiazole rings is 1. The number of carbonyl (C=O) groups excluding carboxylic acids is 1. The molecular formula is C12H17N3OS. The highest BCUT2D eigenvalue weighted by molar-refractivity contribution is 7.13. The van der Waals surface area contributed by atoms with Gasteiger partial charge in [-0.15, -0.1) is 11.3 Å². The van der Waals surface area contributed by atoms with Crippen molar-refractivity contribution in [2.45, 2.75) is 38.6 Å². The van der Waals surface area contributed by atoms with Crippen LogP contribution in [-0.2, 0) is 0 Å². The van der Waals surface area contributed by atoms with E-state index < -0.39 is 0 Å². The minimum Gasteiger partial charge on any atom is -0.321 e. The van der Waals surface area contributed by atoms with Crippen molar-refractivity contribution in [1.29, 1.82) is 0 Å². The molecule has 0 aromatic carbocycles. The average Bonchev–Trinajstić information content (AvgIpc) is 2.88. The Kier molecular flexibility index (Phi) is 2.78. The van der Waals surface area contributed by atoms with Gasteiger partial charge in [0.2, 0.25) is 0 Å². The third-order valence-electron chi connectivity index (χ3n) is 3.56. The van der Waals surface area contributed by atoms with Gasteiger partial charge in [0.1, 0.15) is 0 Å². The number of amides is 2. The number of urea groups is 1. The molecule has 1 aromatic rings. The van der Waals surface area contributed by atoms with Gasteiger partial charge in [0, 0.05) is 18.0 Å². The maximum Gasteiger partial charge on any atom is 0.323 e. The zero-order valence-corrected chi connectivity index (χ0v) is 10.8. The average molecular weight is 251 g/mol. The zero-order valence-electron chi connectivity index (χ0n) is 9.98. The molecule has 1 atom stereocenters. The third kappa shape index (κ3) is 2.29. The molecule has 92 valence electrons. The first kappa shape index (κ1) is 11.0. The standard InChI is InChI=1S/C12H17N3OS/c1-8-7-17-11(13-8)14-12(16)15-6-2-3-10(15)9-4-5-9/h7,9-10H,2-6H2,1H3,(H,13,14,16). The van der Waals surface area contributed by atoms with Crippen molar-refractivity contribution in [3.8, 4) is 0 Å². The maximum absolute atomic E-state index is 12.1. The lowest BCUT2D eigenvalue weighted by Gasteiger charge is -2.24. The van der Waals surface area contributed by atoms with E-state index in [0.29, 0.717) is 11.2 Å². The molecule has 2 amide bonds. The number of rotatable bonds is 2. The van der Waals surface area contributed by atoms with Crippen LogP contribution in [0, 0.1) is 12.8 Å². The molecule has 0 radical (unpaired) electrons. The molecule has 2 aliphatic rings. The molecule has 1 N–H and O–H groups in total. The molecule has 2 fully saturated rings. The summed E-state index contributed by atoms with van der Waals surface area (Å²) in [6, 6.07) is 0.518. The molecule has 1 aliphatic carbocycles. The fraction of sp³-hybridized carbons (Fsp3) is 0.667. The highest BCUT2D eigenvalue weighted by atomic mass is 32.1. The summed E-state index contributed by atoms with van der Waals surface area (Å²) in [4.78, 5) is 18.4. The zero-order chi connectivity index (χ0) is 11.8. The predicted octanol–water partition coefficient (Wildman–Crippen LogP) is 2.86. The number of aryl methyl sites for hydroxylation is 1. The molecule has 0 bridgehead atoms. The lowest BCUT2D eigenvalue weighted by molar-refractivity contribution is 0.200. The number of hydrogen-bond donors (Lipinski definition) is 1. The van der Waals surface area contributed by atoms with Crippen LogP contribution in [-0.4, -0.2) is 28.5 Å². The van der Waals surface area contributed by atoms with Crippen LogP contribution in [0.15, 0.2) is 5.38 Å². The number of hydrogen-bond acceptors (Lipinski definition) is 3. The molecule has 5 heteroatoms. The Bertz CT molecular complexity index is 427. The Hall–Kier alpha value is -1.10. The molecule has 1 unspecified atom stereocenters. The SMILES string of the molecule is Cc1csc(NC(=O)N2CCCC2C2CC2)n1. The molecule has 4 nitrogen and oxygen atoms in total. The molecule has 1 aromatic heterocycles. The number of nitrogens with one attached hydrogen (secondary N) is 1. The van der Waals surface area contributed by atoms with E-state index in [4.69, 9.17) is 0 Å². The van der Waals surface area contributed by atoms with Crippen molar-refractivity contribution in [2.75, 3.05) is 11.9 Å². The summed E-state index contributed by atoms with van der Waals surface area (Å²) in [6.07, 6.45) is 4.91. The van der Waals surface area contributed by atoms with Crippen LogP contribution in [0.1, 0.15) is 31.4 Å². The maximum atomic E-state index is 12.1. The summed E-state index contributed by atoms with van der Waals surface area (Å²) in [5, 5.41) is 5.58. The van der Waals surface area contributed by atoms with Gasteiger partial charge in [-0.1, -0.05) is 0 Å². The van der Waals surface area contributed by atoms with E-state index in [0.717, 1.165) is 24.6 Å². The third-order valence-corrected chi connectivity index (χ3v) is 4.43. The Morgan fingerprint density at radius 1 is 1.53 bits per heavy atom. The predicted molar refractivity (Wildman–Crippen MR) is 68.3 cm³/mol. The Morgan fingerprint density at radius 3 is 3.00 bits per heavy atom. The summed E-state index contributed by atoms with van der Waals surface area (Å²) >= 11 is 1.49. The Balaban J connectivity index is 1.65. The first-order chi connectivity index (χ1) is 8.24. The summed E-state index contributed by atoms with van der Waals surface area (Å²) < 4.78 is 0. The first-order valence-corrected chi connectivity index (χ1v) is 7.12. The van der Waals surface area contributed by atoms with Gasteiger partial charge >= 0.3 is 6.03 Å². The minimum absolute atomic E-state index is 0.0359. The summed E-state index contributed by atoms with van der Waals surface area (Å²) in [5.41, 5.74) is 0.963. The van der Waals surface area contributed by atoms with Gasteiger partial charge in [0.25, 0.3) is 0 Å². The molecule has 1 saturated heterocycles. The van der Waals surface area contributed by atoms with Gasteiger partial charge in [-0.25, -0.2) is 9.78 Å². The number of anilines is 1. The van der Waals surface area contributed by atoms with E-state index in [1.54, 1.807) is 0 Å². The van der Waals surface area contributed by atoms with E-state index in [-0.39, 0.29) is 6.03 Å². The quantitative estimate of drug-likeness (QED) is 0.878. The van der Waals surface area contributed by atoms with Crippen LogP contribution in [0.2, 0.25) is 0 Å². The normalized spacial score (nSPS) is 24.1. The van der Waals surface area contributed by atoms with Crippen molar-refractivity contribution in [3.05, 3.63) is 11.1 Å². The van der Waals surface area contributed by atoms with Crippen LogP contribution < -0.4 is 5.32 Å². The van der Waals surface area contributed by atoms with Crippen molar-refractivity contribution >= 4 is 22.5 Å². The summed E-state index contributed by atoms with van der Waals surface area (Å²) in [5.74, 6) is 0.765. The lowest BCUT2D eigenvalue weighted by Crippen LogP contribution is -2.39. The van der Waals surface area contributed by atoms with Gasteiger partial charge in [-0.05, 0) is 38.5 Å². The van der Waals surface area contributed by atoms with Gasteiger partial charge in [0.05, 0.1) is 5.69 Å². The van der Waals surface area contributed by atoms with Crippen molar-refractivity contribution in [1.82, 2.24) is 9.88 Å². The van der Waals surface area contributed by atoms with Crippen LogP contribution in [0.5, 0.6) is 0 Å². The molecule has 3 rings (SSSR count). The van der Waals surface area contributed by atoms with E-state index in [2.05, 4.69) is 10.3 Å². The van der Waals surface area contributed by atoms with Crippen LogP contribution >= 0.6 is 11.3 Å². The second-order valence-electron chi connectivity index (χ2n) is 4.96. The fourth-order valence-electron chi connectivity index (χ4n) is 2.59. The second-order valence-corrected chi connectivity index (χ2v) is 5.82. The van der Waals surface area contributed by atoms with Crippen LogP contribution in [0.25, 0.3) is 0 Å². The highest BCUT2D eigenvalue weighted by Crippen LogP contribution is 2.40. The number of aromatic nitrogens is 1. The van der Waals surface area contributed by atoms with E-state index in [9.17, 15) is 4.79 Å². The molecular weight excluding hydrogens is 234 g/mol. The molecule has 1 aliphatic heterocycles. The summed E-state index contributed by atoms with van der Waals surface area (Å²) in [6.45, 7) is 2.84. The molecule has 17 heavy (non-hydrogen) atoms. The number of likely N-dealkylation sites (tertiary alicyclic amines) is 1. The largest absolute Gasteiger partial charge is 0.323 e. The summed E-state index contributed by atoms with van der Waals surface area (Å²) in [7, 11) is 0. The topological polar surface area (TPSA) is 45.2 Å². The molecule has 2 heterocycles. The van der Waals surface area contributed by atoms with Crippen LogP contribution in [0.4, 0.5) is 9.93 Å². The van der Waals surface area contributed by atoms with E-state index in [1.807, 2.05) is 17.2 Å². The van der Waals surface area contributed by atoms with E-state index in [1.165, 1.54) is 30.6 Å². The minimum atomic E-state index is 0.0359. The van der Waals surface area contributed by atoms with Gasteiger partial charge in [0.15, 0.2) is 5.13 Å². The number of carbonyl (C=O) groups is 1. The Morgan fingerprint density at radius 2 is 2.35 bits per heavy atom. The monoisotopic (exact) mass is 251 g/mol. The van der Waals surface area contributed by atoms with Crippen molar-refractivity contribution in [3.63, 3.8) is 0 Å². The lowest BCUT2D eigenvalue weighted by atomic mass is 10.1. The van der Waals surface area contributed by atoms with E-state index >= 15 is 0 Å². The second kappa shape index (κ2) is 4.29. The highest BCUT2D eigenvalue weighted by Gasteiger charge is 2.40.